The Morgan fingerprint density at radius 2 is 1.90 bits per heavy atom. The molecule has 1 aromatic rings. The summed E-state index contributed by atoms with van der Waals surface area (Å²) in [6.07, 6.45) is 5.39. The molecule has 0 radical (unpaired) electrons. The number of hydrogen-bond acceptors (Lipinski definition) is 5. The van der Waals surface area contributed by atoms with Gasteiger partial charge in [-0.2, -0.15) is 0 Å². The zero-order valence-electron chi connectivity index (χ0n) is 25.6. The second-order valence-electron chi connectivity index (χ2n) is 12.5. The number of nitrogens with zero attached hydrogens (tertiary/aromatic N) is 3. The van der Waals surface area contributed by atoms with Crippen molar-refractivity contribution < 1.29 is 19.5 Å². The first-order valence-electron chi connectivity index (χ1n) is 15.1. The molecule has 7 atom stereocenters. The van der Waals surface area contributed by atoms with Crippen LogP contribution in [0, 0.1) is 31.6 Å². The van der Waals surface area contributed by atoms with E-state index in [1.54, 1.807) is 38.6 Å². The fourth-order valence-corrected chi connectivity index (χ4v) is 11.0. The number of hydrogen-bond donors (Lipinski definition) is 1. The summed E-state index contributed by atoms with van der Waals surface area (Å²) in [6, 6.07) is 4.67. The minimum absolute atomic E-state index is 0.0193. The molecule has 0 saturated carbocycles. The highest BCUT2D eigenvalue weighted by molar-refractivity contribution is 9.09. The van der Waals surface area contributed by atoms with Gasteiger partial charge in [-0.1, -0.05) is 61.0 Å². The van der Waals surface area contributed by atoms with Crippen LogP contribution in [0.4, 0.5) is 5.69 Å². The van der Waals surface area contributed by atoms with Crippen LogP contribution >= 0.6 is 27.7 Å². The van der Waals surface area contributed by atoms with Crippen LogP contribution in [-0.2, 0) is 14.4 Å². The van der Waals surface area contributed by atoms with Gasteiger partial charge in [-0.3, -0.25) is 14.4 Å². The van der Waals surface area contributed by atoms with Crippen molar-refractivity contribution in [3.8, 4) is 0 Å². The van der Waals surface area contributed by atoms with Crippen molar-refractivity contribution in [1.82, 2.24) is 9.80 Å². The van der Waals surface area contributed by atoms with Gasteiger partial charge in [0.1, 0.15) is 6.04 Å². The van der Waals surface area contributed by atoms with Crippen LogP contribution in [0.3, 0.4) is 0 Å². The van der Waals surface area contributed by atoms with Crippen LogP contribution in [0.25, 0.3) is 0 Å². The van der Waals surface area contributed by atoms with Gasteiger partial charge in [-0.15, -0.1) is 24.9 Å². The Morgan fingerprint density at radius 3 is 2.50 bits per heavy atom. The fraction of sp³-hybridized carbons (Fsp3) is 0.606. The predicted molar refractivity (Wildman–Crippen MR) is 175 cm³/mol. The zero-order chi connectivity index (χ0) is 30.9. The minimum atomic E-state index is -0.822. The number of likely N-dealkylation sites (tertiary alicyclic amines) is 1. The van der Waals surface area contributed by atoms with Crippen molar-refractivity contribution in [3.05, 3.63) is 54.6 Å². The molecule has 9 heteroatoms. The Balaban J connectivity index is 1.88. The highest BCUT2D eigenvalue weighted by Gasteiger charge is 2.76. The molecule has 0 aromatic heterocycles. The van der Waals surface area contributed by atoms with Crippen LogP contribution in [-0.4, -0.2) is 85.8 Å². The van der Waals surface area contributed by atoms with Gasteiger partial charge in [0.15, 0.2) is 0 Å². The van der Waals surface area contributed by atoms with Gasteiger partial charge in [0.2, 0.25) is 11.8 Å². The quantitative estimate of drug-likeness (QED) is 0.235. The number of thioether (sulfide) groups is 1. The first kappa shape index (κ1) is 32.8. The van der Waals surface area contributed by atoms with Crippen LogP contribution in [0.15, 0.2) is 43.5 Å². The molecule has 1 spiro atoms. The highest BCUT2D eigenvalue weighted by Crippen LogP contribution is 2.68. The molecule has 1 N–H and O–H groups in total. The molecule has 2 bridgehead atoms. The Bertz CT molecular complexity index is 1220. The molecule has 4 rings (SSSR count). The smallest absolute Gasteiger partial charge is 0.251 e. The van der Waals surface area contributed by atoms with E-state index in [-0.39, 0.29) is 46.9 Å². The highest BCUT2D eigenvalue weighted by atomic mass is 79.9. The van der Waals surface area contributed by atoms with Crippen molar-refractivity contribution in [2.75, 3.05) is 31.1 Å². The lowest BCUT2D eigenvalue weighted by molar-refractivity contribution is -0.145. The summed E-state index contributed by atoms with van der Waals surface area (Å²) in [5.41, 5.74) is 2.77. The first-order chi connectivity index (χ1) is 20.0. The summed E-state index contributed by atoms with van der Waals surface area (Å²) in [5, 5.41) is 10.5. The van der Waals surface area contributed by atoms with Crippen molar-refractivity contribution >= 4 is 51.1 Å². The molecule has 7 nitrogen and oxygen atoms in total. The molecule has 42 heavy (non-hydrogen) atoms. The monoisotopic (exact) mass is 659 g/mol. The maximum atomic E-state index is 15.0. The molecule has 3 unspecified atom stereocenters. The number of fused-ring (bicyclic) bond motifs is 1. The summed E-state index contributed by atoms with van der Waals surface area (Å²) in [4.78, 5) is 49.1. The normalized spacial score (nSPS) is 28.6. The van der Waals surface area contributed by atoms with Gasteiger partial charge in [-0.05, 0) is 56.2 Å². The van der Waals surface area contributed by atoms with E-state index in [1.807, 2.05) is 39.0 Å². The summed E-state index contributed by atoms with van der Waals surface area (Å²) in [6.45, 7) is 18.9. The van der Waals surface area contributed by atoms with E-state index in [4.69, 9.17) is 0 Å². The third-order valence-electron chi connectivity index (χ3n) is 8.98. The van der Waals surface area contributed by atoms with E-state index in [1.165, 1.54) is 0 Å². The van der Waals surface area contributed by atoms with E-state index < -0.39 is 28.7 Å². The molecule has 3 aliphatic heterocycles. The van der Waals surface area contributed by atoms with E-state index in [0.29, 0.717) is 25.9 Å². The molecule has 0 aliphatic carbocycles. The lowest BCUT2D eigenvalue weighted by atomic mass is 9.70. The third kappa shape index (κ3) is 5.61. The van der Waals surface area contributed by atoms with Gasteiger partial charge >= 0.3 is 0 Å². The first-order valence-corrected chi connectivity index (χ1v) is 16.9. The second kappa shape index (κ2) is 13.3. The van der Waals surface area contributed by atoms with Crippen LogP contribution in [0.2, 0.25) is 0 Å². The largest absolute Gasteiger partial charge is 0.394 e. The van der Waals surface area contributed by atoms with Gasteiger partial charge < -0.3 is 19.8 Å². The number of benzene rings is 1. The van der Waals surface area contributed by atoms with Crippen LogP contribution in [0.5, 0.6) is 0 Å². The molecular formula is C33H46BrN3O4S. The Hall–Kier alpha value is -2.10. The Morgan fingerprint density at radius 1 is 1.21 bits per heavy atom. The molecule has 3 aliphatic rings. The summed E-state index contributed by atoms with van der Waals surface area (Å²) < 4.78 is -0.791. The molecule has 3 heterocycles. The second-order valence-corrected chi connectivity index (χ2v) is 15.2. The average Bonchev–Trinajstić information content (AvgIpc) is 3.54. The van der Waals surface area contributed by atoms with Gasteiger partial charge in [0.25, 0.3) is 5.91 Å². The predicted octanol–water partition coefficient (Wildman–Crippen LogP) is 5.12. The topological polar surface area (TPSA) is 81.2 Å². The number of aliphatic hydroxyl groups excluding tert-OH is 1. The Labute approximate surface area is 263 Å². The number of halogens is 1. The lowest BCUT2D eigenvalue weighted by Gasteiger charge is -2.40. The van der Waals surface area contributed by atoms with Crippen LogP contribution < -0.4 is 4.90 Å². The van der Waals surface area contributed by atoms with Crippen molar-refractivity contribution in [3.63, 3.8) is 0 Å². The van der Waals surface area contributed by atoms with Gasteiger partial charge in [-0.25, -0.2) is 0 Å². The third-order valence-corrected chi connectivity index (χ3v) is 12.2. The SMILES string of the molecule is C=CCN(CCC)C(=O)[C@H]1[C@@H]2SC3(CC2Br)C(C(=O)N(CC=C)c2cc(C)ccc2C)N([C@@H](CO)CC(C)C)C(=O)[C@H]13. The molecule has 3 fully saturated rings. The fourth-order valence-electron chi connectivity index (χ4n) is 7.36. The molecule has 230 valence electrons. The number of amides is 3. The van der Waals surface area contributed by atoms with Crippen molar-refractivity contribution in [1.29, 1.82) is 0 Å². The average molecular weight is 661 g/mol. The molecule has 1 aromatic carbocycles. The summed E-state index contributed by atoms with van der Waals surface area (Å²) in [5.74, 6) is -1.41. The van der Waals surface area contributed by atoms with Crippen molar-refractivity contribution in [2.24, 2.45) is 17.8 Å². The number of aliphatic hydroxyl groups is 1. The maximum absolute atomic E-state index is 15.0. The van der Waals surface area contributed by atoms with Crippen LogP contribution in [0.1, 0.15) is 51.2 Å². The van der Waals surface area contributed by atoms with E-state index >= 15 is 0 Å². The van der Waals surface area contributed by atoms with Gasteiger partial charge in [0, 0.05) is 35.4 Å². The van der Waals surface area contributed by atoms with Gasteiger partial charge in [0.05, 0.1) is 29.2 Å². The zero-order valence-corrected chi connectivity index (χ0v) is 28.0. The molecule has 3 amide bonds. The Kier molecular flexibility index (Phi) is 10.4. The number of carbonyl (C=O) groups excluding carboxylic acids is 3. The number of anilines is 1. The number of rotatable bonds is 13. The number of aryl methyl sites for hydroxylation is 2. The maximum Gasteiger partial charge on any atom is 0.251 e. The standard InChI is InChI=1S/C33H46BrN3O4S/c1-8-13-35(14-9-2)30(39)26-27-31(40)37(23(19-38)16-20(4)5)29(33(27)18-24(34)28(26)42-33)32(41)36(15-10-3)25-17-21(6)11-12-22(25)7/h8,10-12,17,20,23-24,26-29,38H,1,3,9,13-16,18-19H2,2,4-7H3/t23-,24?,26-,27+,28-,29?,33?/m1/s1. The molecular weight excluding hydrogens is 614 g/mol. The molecule has 3 saturated heterocycles. The minimum Gasteiger partial charge on any atom is -0.394 e. The van der Waals surface area contributed by atoms with Crippen molar-refractivity contribution in [2.45, 2.75) is 80.8 Å². The number of carbonyl (C=O) groups is 3. The lowest BCUT2D eigenvalue weighted by Crippen LogP contribution is -2.58. The summed E-state index contributed by atoms with van der Waals surface area (Å²) in [7, 11) is 0. The van der Waals surface area contributed by atoms with E-state index in [2.05, 4.69) is 42.9 Å². The van der Waals surface area contributed by atoms with E-state index in [0.717, 1.165) is 23.2 Å². The number of alkyl halides is 1. The van der Waals surface area contributed by atoms with E-state index in [9.17, 15) is 19.5 Å². The summed E-state index contributed by atoms with van der Waals surface area (Å²) >= 11 is 5.51.